The van der Waals surface area contributed by atoms with Gasteiger partial charge < -0.3 is 22.0 Å². The van der Waals surface area contributed by atoms with Crippen LogP contribution in [0.1, 0.15) is 12.5 Å². The van der Waals surface area contributed by atoms with Gasteiger partial charge in [0.05, 0.1) is 5.69 Å². The number of nitrogens with zero attached hydrogens (tertiary/aromatic N) is 3. The maximum atomic E-state index is 10.7. The predicted octanol–water partition coefficient (Wildman–Crippen LogP) is 0.898. The highest BCUT2D eigenvalue weighted by atomic mass is 32.1. The zero-order valence-electron chi connectivity index (χ0n) is 11.7. The summed E-state index contributed by atoms with van der Waals surface area (Å²) < 4.78 is 0. The number of hydrogen-bond acceptors (Lipinski definition) is 6. The van der Waals surface area contributed by atoms with E-state index in [-0.39, 0.29) is 11.8 Å². The number of carbonyl (C=O) groups is 1. The number of rotatable bonds is 4. The Morgan fingerprint density at radius 3 is 2.77 bits per heavy atom. The van der Waals surface area contributed by atoms with Crippen molar-refractivity contribution in [3.8, 4) is 11.3 Å². The van der Waals surface area contributed by atoms with Crippen molar-refractivity contribution in [1.29, 1.82) is 0 Å². The SMILES string of the molecule is CC(=O)O/N=C(\N)c1cccc(-c2csc(N=C(N)N)n2)c1. The van der Waals surface area contributed by atoms with Gasteiger partial charge in [0.25, 0.3) is 0 Å². The summed E-state index contributed by atoms with van der Waals surface area (Å²) in [5.41, 5.74) is 18.5. The molecule has 0 aliphatic carbocycles. The summed E-state index contributed by atoms with van der Waals surface area (Å²) in [5, 5.41) is 5.83. The van der Waals surface area contributed by atoms with Crippen LogP contribution >= 0.6 is 11.3 Å². The number of guanidine groups is 1. The normalized spacial score (nSPS) is 11.0. The lowest BCUT2D eigenvalue weighted by Crippen LogP contribution is -2.21. The number of nitrogens with two attached hydrogens (primary N) is 3. The molecule has 6 N–H and O–H groups in total. The van der Waals surface area contributed by atoms with Crippen LogP contribution in [0.15, 0.2) is 39.8 Å². The van der Waals surface area contributed by atoms with Gasteiger partial charge in [0.2, 0.25) is 5.13 Å². The minimum Gasteiger partial charge on any atom is -0.380 e. The van der Waals surface area contributed by atoms with Crippen LogP contribution in [0.25, 0.3) is 11.3 Å². The fraction of sp³-hybridized carbons (Fsp3) is 0.0769. The zero-order valence-corrected chi connectivity index (χ0v) is 12.5. The van der Waals surface area contributed by atoms with Crippen molar-refractivity contribution in [1.82, 2.24) is 4.98 Å². The number of aliphatic imine (C=N–C) groups is 1. The minimum atomic E-state index is -0.541. The summed E-state index contributed by atoms with van der Waals surface area (Å²) >= 11 is 1.31. The van der Waals surface area contributed by atoms with Crippen molar-refractivity contribution in [2.45, 2.75) is 6.92 Å². The summed E-state index contributed by atoms with van der Waals surface area (Å²) in [5.74, 6) is -0.496. The smallest absolute Gasteiger partial charge is 0.332 e. The van der Waals surface area contributed by atoms with E-state index in [4.69, 9.17) is 17.2 Å². The maximum Gasteiger partial charge on any atom is 0.332 e. The van der Waals surface area contributed by atoms with Crippen LogP contribution in [0, 0.1) is 0 Å². The van der Waals surface area contributed by atoms with Crippen LogP contribution < -0.4 is 17.2 Å². The summed E-state index contributed by atoms with van der Waals surface area (Å²) in [6.45, 7) is 1.24. The average Bonchev–Trinajstić information content (AvgIpc) is 2.92. The van der Waals surface area contributed by atoms with Crippen LogP contribution in [0.5, 0.6) is 0 Å². The Kier molecular flexibility index (Phi) is 4.69. The van der Waals surface area contributed by atoms with E-state index in [2.05, 4.69) is 20.0 Å². The molecule has 0 radical (unpaired) electrons. The molecule has 0 unspecified atom stereocenters. The van der Waals surface area contributed by atoms with Crippen LogP contribution in [-0.2, 0) is 9.63 Å². The van der Waals surface area contributed by atoms with Gasteiger partial charge in [-0.05, 0) is 6.07 Å². The topological polar surface area (TPSA) is 142 Å². The summed E-state index contributed by atoms with van der Waals surface area (Å²) in [6, 6.07) is 7.17. The molecule has 0 amide bonds. The number of hydrogen-bond donors (Lipinski definition) is 3. The average molecular weight is 318 g/mol. The molecule has 0 saturated heterocycles. The van der Waals surface area contributed by atoms with Crippen LogP contribution in [0.2, 0.25) is 0 Å². The van der Waals surface area contributed by atoms with Gasteiger partial charge in [-0.25, -0.2) is 9.78 Å². The van der Waals surface area contributed by atoms with Crippen molar-refractivity contribution in [2.75, 3.05) is 0 Å². The van der Waals surface area contributed by atoms with E-state index in [9.17, 15) is 4.79 Å². The molecule has 0 saturated carbocycles. The van der Waals surface area contributed by atoms with Crippen molar-refractivity contribution < 1.29 is 9.63 Å². The molecule has 8 nitrogen and oxygen atoms in total. The second-order valence-corrected chi connectivity index (χ2v) is 5.03. The van der Waals surface area contributed by atoms with Crippen LogP contribution in [0.4, 0.5) is 5.13 Å². The van der Waals surface area contributed by atoms with E-state index >= 15 is 0 Å². The first-order valence-electron chi connectivity index (χ1n) is 6.12. The third-order valence-corrected chi connectivity index (χ3v) is 3.18. The number of thiazole rings is 1. The van der Waals surface area contributed by atoms with Crippen molar-refractivity contribution >= 4 is 34.2 Å². The van der Waals surface area contributed by atoms with E-state index < -0.39 is 5.97 Å². The van der Waals surface area contributed by atoms with E-state index in [0.29, 0.717) is 16.4 Å². The lowest BCUT2D eigenvalue weighted by atomic mass is 10.1. The van der Waals surface area contributed by atoms with Gasteiger partial charge >= 0.3 is 5.97 Å². The summed E-state index contributed by atoms with van der Waals surface area (Å²) in [7, 11) is 0. The Labute approximate surface area is 130 Å². The van der Waals surface area contributed by atoms with E-state index in [1.54, 1.807) is 18.2 Å². The molecular weight excluding hydrogens is 304 g/mol. The molecule has 22 heavy (non-hydrogen) atoms. The molecule has 114 valence electrons. The fourth-order valence-electron chi connectivity index (χ4n) is 1.56. The van der Waals surface area contributed by atoms with Gasteiger partial charge in [0, 0.05) is 23.4 Å². The van der Waals surface area contributed by atoms with Crippen molar-refractivity contribution in [3.63, 3.8) is 0 Å². The number of carbonyl (C=O) groups excluding carboxylic acids is 1. The van der Waals surface area contributed by atoms with Gasteiger partial charge in [0.15, 0.2) is 11.8 Å². The molecule has 0 aliphatic rings. The van der Waals surface area contributed by atoms with Crippen molar-refractivity contribution in [3.05, 3.63) is 35.2 Å². The first-order valence-corrected chi connectivity index (χ1v) is 7.00. The Hall–Kier alpha value is -2.94. The third-order valence-electron chi connectivity index (χ3n) is 2.44. The van der Waals surface area contributed by atoms with Crippen LogP contribution in [0.3, 0.4) is 0 Å². The second kappa shape index (κ2) is 6.68. The largest absolute Gasteiger partial charge is 0.380 e. The van der Waals surface area contributed by atoms with Gasteiger partial charge in [-0.15, -0.1) is 11.3 Å². The monoisotopic (exact) mass is 318 g/mol. The molecule has 1 aromatic heterocycles. The molecule has 9 heteroatoms. The molecule has 0 fully saturated rings. The highest BCUT2D eigenvalue weighted by Crippen LogP contribution is 2.27. The summed E-state index contributed by atoms with van der Waals surface area (Å²) in [4.78, 5) is 23.4. The molecule has 0 spiro atoms. The number of benzene rings is 1. The van der Waals surface area contributed by atoms with Gasteiger partial charge in [-0.3, -0.25) is 0 Å². The lowest BCUT2D eigenvalue weighted by Gasteiger charge is -2.02. The molecule has 2 rings (SSSR count). The molecule has 0 aliphatic heterocycles. The Balaban J connectivity index is 2.28. The quantitative estimate of drug-likeness (QED) is 0.331. The molecule has 1 heterocycles. The summed E-state index contributed by atoms with van der Waals surface area (Å²) in [6.07, 6.45) is 0. The fourth-order valence-corrected chi connectivity index (χ4v) is 2.28. The van der Waals surface area contributed by atoms with E-state index in [1.807, 2.05) is 11.4 Å². The minimum absolute atomic E-state index is 0.0487. The number of oxime groups is 1. The standard InChI is InChI=1S/C13H14N6O2S/c1-7(20)21-19-11(14)9-4-2-3-8(5-9)10-6-22-13(17-10)18-12(15)16/h2-6H,1H3,(H2,14,19)(H4,15,16,17,18). The molecule has 0 bridgehead atoms. The van der Waals surface area contributed by atoms with Crippen LogP contribution in [-0.4, -0.2) is 22.7 Å². The lowest BCUT2D eigenvalue weighted by molar-refractivity contribution is -0.140. The first kappa shape index (κ1) is 15.4. The zero-order chi connectivity index (χ0) is 16.1. The van der Waals surface area contributed by atoms with Gasteiger partial charge in [-0.1, -0.05) is 23.4 Å². The molecule has 0 atom stereocenters. The molecule has 1 aromatic carbocycles. The highest BCUT2D eigenvalue weighted by molar-refractivity contribution is 7.13. The molecular formula is C13H14N6O2S. The Morgan fingerprint density at radius 2 is 2.09 bits per heavy atom. The molecule has 2 aromatic rings. The first-order chi connectivity index (χ1) is 10.5. The van der Waals surface area contributed by atoms with Gasteiger partial charge in [0.1, 0.15) is 0 Å². The number of aromatic nitrogens is 1. The third kappa shape index (κ3) is 4.03. The van der Waals surface area contributed by atoms with Crippen molar-refractivity contribution in [2.24, 2.45) is 27.3 Å². The Bertz CT molecular complexity index is 748. The number of amidine groups is 1. The Morgan fingerprint density at radius 1 is 1.32 bits per heavy atom. The second-order valence-electron chi connectivity index (χ2n) is 4.19. The van der Waals surface area contributed by atoms with E-state index in [1.165, 1.54) is 18.3 Å². The predicted molar refractivity (Wildman–Crippen MR) is 85.5 cm³/mol. The highest BCUT2D eigenvalue weighted by Gasteiger charge is 2.07. The van der Waals surface area contributed by atoms with Gasteiger partial charge in [-0.2, -0.15) is 4.99 Å². The van der Waals surface area contributed by atoms with E-state index in [0.717, 1.165) is 5.56 Å². The maximum absolute atomic E-state index is 10.7.